The molecular formula is C7H15NO6S. The van der Waals surface area contributed by atoms with Crippen molar-refractivity contribution >= 4 is 16.0 Å². The minimum atomic E-state index is -3.56. The zero-order chi connectivity index (χ0) is 11.7. The molecule has 0 saturated heterocycles. The topological polar surface area (TPSA) is 102 Å². The van der Waals surface area contributed by atoms with E-state index in [0.717, 1.165) is 0 Å². The zero-order valence-corrected chi connectivity index (χ0v) is 9.25. The molecule has 0 saturated carbocycles. The van der Waals surface area contributed by atoms with Crippen molar-refractivity contribution in [3.8, 4) is 0 Å². The van der Waals surface area contributed by atoms with E-state index in [9.17, 15) is 13.2 Å². The van der Waals surface area contributed by atoms with Gasteiger partial charge in [0.15, 0.2) is 0 Å². The summed E-state index contributed by atoms with van der Waals surface area (Å²) in [5, 5.41) is 8.24. The van der Waals surface area contributed by atoms with E-state index >= 15 is 0 Å². The maximum Gasteiger partial charge on any atom is 0.318 e. The van der Waals surface area contributed by atoms with Gasteiger partial charge in [-0.2, -0.15) is 0 Å². The van der Waals surface area contributed by atoms with Crippen LogP contribution in [0.3, 0.4) is 0 Å². The summed E-state index contributed by atoms with van der Waals surface area (Å²) < 4.78 is 33.7. The Balaban J connectivity index is 3.61. The van der Waals surface area contributed by atoms with Gasteiger partial charge in [0, 0.05) is 7.11 Å². The molecule has 15 heavy (non-hydrogen) atoms. The minimum Gasteiger partial charge on any atom is -0.480 e. The number of methoxy groups -OCH3 is 1. The summed E-state index contributed by atoms with van der Waals surface area (Å²) in [5.41, 5.74) is 0. The molecule has 0 heterocycles. The molecule has 0 unspecified atom stereocenters. The summed E-state index contributed by atoms with van der Waals surface area (Å²) in [5.74, 6) is -1.48. The van der Waals surface area contributed by atoms with Gasteiger partial charge in [-0.15, -0.1) is 0 Å². The van der Waals surface area contributed by atoms with Crippen LogP contribution in [0.25, 0.3) is 0 Å². The van der Waals surface area contributed by atoms with E-state index in [1.54, 1.807) is 0 Å². The molecule has 0 radical (unpaired) electrons. The Hall–Kier alpha value is -0.700. The first-order chi connectivity index (χ1) is 6.98. The number of carboxylic acids is 1. The molecule has 0 aromatic heterocycles. The van der Waals surface area contributed by atoms with Gasteiger partial charge in [-0.1, -0.05) is 0 Å². The average molecular weight is 241 g/mol. The molecule has 0 atom stereocenters. The molecule has 0 aromatic rings. The SMILES string of the molecule is COCCOCCS(=O)(=O)NCC(=O)O. The Morgan fingerprint density at radius 2 is 2.00 bits per heavy atom. The Morgan fingerprint density at radius 3 is 2.53 bits per heavy atom. The standard InChI is InChI=1S/C7H15NO6S/c1-13-2-3-14-4-5-15(11,12)8-6-7(9)10/h8H,2-6H2,1H3,(H,9,10). The number of hydrogen-bond acceptors (Lipinski definition) is 5. The van der Waals surface area contributed by atoms with Gasteiger partial charge in [0.2, 0.25) is 10.0 Å². The molecule has 7 nitrogen and oxygen atoms in total. The number of ether oxygens (including phenoxy) is 2. The highest BCUT2D eigenvalue weighted by Gasteiger charge is 2.11. The lowest BCUT2D eigenvalue weighted by Crippen LogP contribution is -2.32. The number of hydrogen-bond donors (Lipinski definition) is 2. The molecule has 2 N–H and O–H groups in total. The van der Waals surface area contributed by atoms with Crippen molar-refractivity contribution in [3.63, 3.8) is 0 Å². The van der Waals surface area contributed by atoms with E-state index in [1.165, 1.54) is 7.11 Å². The summed E-state index contributed by atoms with van der Waals surface area (Å²) in [6.45, 7) is 0.103. The fourth-order valence-electron chi connectivity index (χ4n) is 0.657. The summed E-state index contributed by atoms with van der Waals surface area (Å²) >= 11 is 0. The Morgan fingerprint density at radius 1 is 1.33 bits per heavy atom. The molecule has 0 aliphatic heterocycles. The summed E-state index contributed by atoms with van der Waals surface area (Å²) in [7, 11) is -2.05. The molecule has 0 bridgehead atoms. The van der Waals surface area contributed by atoms with E-state index in [0.29, 0.717) is 13.2 Å². The smallest absolute Gasteiger partial charge is 0.318 e. The summed E-state index contributed by atoms with van der Waals surface area (Å²) in [4.78, 5) is 10.1. The number of rotatable bonds is 9. The van der Waals surface area contributed by atoms with Crippen molar-refractivity contribution in [3.05, 3.63) is 0 Å². The van der Waals surface area contributed by atoms with Crippen molar-refractivity contribution in [2.45, 2.75) is 0 Å². The van der Waals surface area contributed by atoms with Crippen LogP contribution in [-0.4, -0.2) is 58.7 Å². The number of sulfonamides is 1. The van der Waals surface area contributed by atoms with Crippen molar-refractivity contribution in [1.82, 2.24) is 4.72 Å². The molecule has 0 spiro atoms. The van der Waals surface area contributed by atoms with Crippen LogP contribution in [0.4, 0.5) is 0 Å². The molecule has 0 aromatic carbocycles. The van der Waals surface area contributed by atoms with Gasteiger partial charge >= 0.3 is 5.97 Å². The van der Waals surface area contributed by atoms with Gasteiger partial charge < -0.3 is 14.6 Å². The van der Waals surface area contributed by atoms with Crippen molar-refractivity contribution in [2.75, 3.05) is 39.2 Å². The fraction of sp³-hybridized carbons (Fsp3) is 0.857. The summed E-state index contributed by atoms with van der Waals surface area (Å²) in [6, 6.07) is 0. The second-order valence-electron chi connectivity index (χ2n) is 2.64. The minimum absolute atomic E-state index is 0.0122. The quantitative estimate of drug-likeness (QED) is 0.484. The monoisotopic (exact) mass is 241 g/mol. The van der Waals surface area contributed by atoms with Crippen LogP contribution in [-0.2, 0) is 24.3 Å². The molecule has 0 aliphatic carbocycles. The van der Waals surface area contributed by atoms with Crippen molar-refractivity contribution in [2.24, 2.45) is 0 Å². The maximum absolute atomic E-state index is 11.1. The predicted octanol–water partition coefficient (Wildman–Crippen LogP) is -1.35. The number of aliphatic carboxylic acids is 1. The molecule has 0 amide bonds. The normalized spacial score (nSPS) is 11.5. The first-order valence-corrected chi connectivity index (χ1v) is 5.89. The third-order valence-corrected chi connectivity index (χ3v) is 2.66. The highest BCUT2D eigenvalue weighted by molar-refractivity contribution is 7.89. The van der Waals surface area contributed by atoms with Crippen molar-refractivity contribution in [1.29, 1.82) is 0 Å². The second kappa shape index (κ2) is 7.57. The largest absolute Gasteiger partial charge is 0.480 e. The Kier molecular flexibility index (Phi) is 7.22. The van der Waals surface area contributed by atoms with E-state index < -0.39 is 22.5 Å². The van der Waals surface area contributed by atoms with Crippen LogP contribution in [0.2, 0.25) is 0 Å². The number of carboxylic acid groups (broad SMARTS) is 1. The predicted molar refractivity (Wildman–Crippen MR) is 52.1 cm³/mol. The number of carbonyl (C=O) groups is 1. The van der Waals surface area contributed by atoms with Crippen LogP contribution in [0.1, 0.15) is 0 Å². The van der Waals surface area contributed by atoms with Gasteiger partial charge in [0.25, 0.3) is 0 Å². The van der Waals surface area contributed by atoms with Crippen LogP contribution in [0.5, 0.6) is 0 Å². The van der Waals surface area contributed by atoms with Crippen LogP contribution < -0.4 is 4.72 Å². The lowest BCUT2D eigenvalue weighted by molar-refractivity contribution is -0.135. The van der Waals surface area contributed by atoms with Gasteiger partial charge in [0.05, 0.1) is 25.6 Å². The second-order valence-corrected chi connectivity index (χ2v) is 4.57. The Bertz CT molecular complexity index is 275. The van der Waals surface area contributed by atoms with E-state index in [-0.39, 0.29) is 12.4 Å². The van der Waals surface area contributed by atoms with E-state index in [2.05, 4.69) is 4.74 Å². The van der Waals surface area contributed by atoms with E-state index in [1.807, 2.05) is 4.72 Å². The third-order valence-electron chi connectivity index (χ3n) is 1.37. The van der Waals surface area contributed by atoms with Crippen molar-refractivity contribution < 1.29 is 27.8 Å². The first-order valence-electron chi connectivity index (χ1n) is 4.24. The van der Waals surface area contributed by atoms with Crippen LogP contribution >= 0.6 is 0 Å². The average Bonchev–Trinajstić information content (AvgIpc) is 2.15. The molecule has 90 valence electrons. The third kappa shape index (κ3) is 9.60. The van der Waals surface area contributed by atoms with E-state index in [4.69, 9.17) is 9.84 Å². The molecule has 8 heteroatoms. The fourth-order valence-corrected chi connectivity index (χ4v) is 1.48. The van der Waals surface area contributed by atoms with Gasteiger partial charge in [0.1, 0.15) is 6.54 Å². The molecule has 0 fully saturated rings. The van der Waals surface area contributed by atoms with Crippen LogP contribution in [0, 0.1) is 0 Å². The zero-order valence-electron chi connectivity index (χ0n) is 8.43. The molecular weight excluding hydrogens is 226 g/mol. The van der Waals surface area contributed by atoms with Crippen LogP contribution in [0.15, 0.2) is 0 Å². The lowest BCUT2D eigenvalue weighted by atomic mass is 10.7. The van der Waals surface area contributed by atoms with Gasteiger partial charge in [-0.05, 0) is 0 Å². The molecule has 0 aliphatic rings. The highest BCUT2D eigenvalue weighted by Crippen LogP contribution is 1.85. The Labute approximate surface area is 88.4 Å². The summed E-state index contributed by atoms with van der Waals surface area (Å²) in [6.07, 6.45) is 0. The maximum atomic E-state index is 11.1. The molecule has 0 rings (SSSR count). The first kappa shape index (κ1) is 14.3. The van der Waals surface area contributed by atoms with Gasteiger partial charge in [-0.25, -0.2) is 13.1 Å². The lowest BCUT2D eigenvalue weighted by Gasteiger charge is -2.05. The number of nitrogens with one attached hydrogen (secondary N) is 1. The highest BCUT2D eigenvalue weighted by atomic mass is 32.2. The van der Waals surface area contributed by atoms with Gasteiger partial charge in [-0.3, -0.25) is 4.79 Å².